The van der Waals surface area contributed by atoms with Gasteiger partial charge in [-0.15, -0.1) is 18.3 Å². The van der Waals surface area contributed by atoms with Gasteiger partial charge in [0.1, 0.15) is 11.6 Å². The number of nitrogens with zero attached hydrogens (tertiary/aromatic N) is 2. The van der Waals surface area contributed by atoms with E-state index in [2.05, 4.69) is 14.6 Å². The Morgan fingerprint density at radius 3 is 2.60 bits per heavy atom. The lowest BCUT2D eigenvalue weighted by Crippen LogP contribution is -2.17. The van der Waals surface area contributed by atoms with Gasteiger partial charge in [-0.05, 0) is 37.3 Å². The molecule has 0 spiro atoms. The van der Waals surface area contributed by atoms with Crippen LogP contribution in [0.5, 0.6) is 11.6 Å². The lowest BCUT2D eigenvalue weighted by atomic mass is 10.1. The first-order valence-electron chi connectivity index (χ1n) is 8.42. The molecule has 1 aromatic heterocycles. The molecule has 0 aliphatic rings. The van der Waals surface area contributed by atoms with E-state index >= 15 is 0 Å². The van der Waals surface area contributed by atoms with Crippen LogP contribution in [0.15, 0.2) is 48.5 Å². The van der Waals surface area contributed by atoms with Crippen LogP contribution in [0, 0.1) is 5.82 Å². The average molecular weight is 445 g/mol. The maximum absolute atomic E-state index is 13.5. The third kappa shape index (κ3) is 5.20. The van der Waals surface area contributed by atoms with Gasteiger partial charge in [0.2, 0.25) is 5.88 Å². The van der Waals surface area contributed by atoms with Crippen molar-refractivity contribution in [3.8, 4) is 28.6 Å². The van der Waals surface area contributed by atoms with Gasteiger partial charge in [-0.1, -0.05) is 23.7 Å². The normalized spacial score (nSPS) is 11.3. The second-order valence-corrected chi connectivity index (χ2v) is 6.15. The standard InChI is InChI=1S/C19H13ClF4N2O4/c1-2-28-18(27)29-17-10-16(11-4-3-5-13(8-11)30-19(22,23)24)26(25-17)12-6-7-15(21)14(20)9-12/h3-10H,2H2,1H3. The van der Waals surface area contributed by atoms with E-state index in [9.17, 15) is 22.4 Å². The molecule has 0 saturated heterocycles. The van der Waals surface area contributed by atoms with Crippen molar-refractivity contribution in [2.45, 2.75) is 13.3 Å². The van der Waals surface area contributed by atoms with Gasteiger partial charge in [0.15, 0.2) is 0 Å². The summed E-state index contributed by atoms with van der Waals surface area (Å²) in [5, 5.41) is 3.91. The van der Waals surface area contributed by atoms with E-state index in [1.807, 2.05) is 0 Å². The molecular weight excluding hydrogens is 432 g/mol. The summed E-state index contributed by atoms with van der Waals surface area (Å²) in [6.07, 6.45) is -5.89. The minimum atomic E-state index is -4.87. The third-order valence-electron chi connectivity index (χ3n) is 3.65. The van der Waals surface area contributed by atoms with E-state index in [4.69, 9.17) is 16.3 Å². The highest BCUT2D eigenvalue weighted by molar-refractivity contribution is 6.30. The first-order valence-corrected chi connectivity index (χ1v) is 8.80. The number of hydrogen-bond acceptors (Lipinski definition) is 5. The van der Waals surface area contributed by atoms with Gasteiger partial charge in [0.05, 0.1) is 23.0 Å². The molecule has 0 N–H and O–H groups in total. The van der Waals surface area contributed by atoms with Crippen LogP contribution in [0.2, 0.25) is 5.02 Å². The van der Waals surface area contributed by atoms with Crippen LogP contribution in [0.3, 0.4) is 0 Å². The van der Waals surface area contributed by atoms with Crippen LogP contribution in [0.1, 0.15) is 6.92 Å². The fourth-order valence-corrected chi connectivity index (χ4v) is 2.69. The van der Waals surface area contributed by atoms with E-state index in [1.165, 1.54) is 35.0 Å². The smallest absolute Gasteiger partial charge is 0.434 e. The highest BCUT2D eigenvalue weighted by Gasteiger charge is 2.31. The molecule has 0 amide bonds. The highest BCUT2D eigenvalue weighted by atomic mass is 35.5. The Kier molecular flexibility index (Phi) is 6.16. The third-order valence-corrected chi connectivity index (χ3v) is 3.94. The molecule has 0 radical (unpaired) electrons. The fraction of sp³-hybridized carbons (Fsp3) is 0.158. The van der Waals surface area contributed by atoms with Gasteiger partial charge in [-0.2, -0.15) is 0 Å². The summed E-state index contributed by atoms with van der Waals surface area (Å²) in [7, 11) is 0. The van der Waals surface area contributed by atoms with E-state index in [0.29, 0.717) is 0 Å². The van der Waals surface area contributed by atoms with Crippen LogP contribution in [-0.2, 0) is 4.74 Å². The van der Waals surface area contributed by atoms with Crippen LogP contribution < -0.4 is 9.47 Å². The number of rotatable bonds is 5. The van der Waals surface area contributed by atoms with Crippen molar-refractivity contribution in [2.75, 3.05) is 6.61 Å². The predicted octanol–water partition coefficient (Wildman–Crippen LogP) is 5.77. The molecule has 158 valence electrons. The zero-order valence-electron chi connectivity index (χ0n) is 15.2. The maximum Gasteiger partial charge on any atom is 0.573 e. The monoisotopic (exact) mass is 444 g/mol. The van der Waals surface area contributed by atoms with Gasteiger partial charge in [-0.3, -0.25) is 0 Å². The predicted molar refractivity (Wildman–Crippen MR) is 98.3 cm³/mol. The van der Waals surface area contributed by atoms with E-state index in [0.717, 1.165) is 18.2 Å². The van der Waals surface area contributed by atoms with Crippen LogP contribution >= 0.6 is 11.6 Å². The molecule has 0 saturated carbocycles. The summed E-state index contributed by atoms with van der Waals surface area (Å²) in [6.45, 7) is 1.65. The van der Waals surface area contributed by atoms with Crippen molar-refractivity contribution in [2.24, 2.45) is 0 Å². The van der Waals surface area contributed by atoms with Crippen molar-refractivity contribution in [3.63, 3.8) is 0 Å². The number of alkyl halides is 3. The fourth-order valence-electron chi connectivity index (χ4n) is 2.51. The second kappa shape index (κ2) is 8.62. The molecule has 3 rings (SSSR count). The van der Waals surface area contributed by atoms with Crippen molar-refractivity contribution in [1.29, 1.82) is 0 Å². The molecular formula is C19H13ClF4N2O4. The zero-order valence-corrected chi connectivity index (χ0v) is 16.0. The molecule has 2 aromatic carbocycles. The molecule has 0 aliphatic carbocycles. The average Bonchev–Trinajstić information content (AvgIpc) is 3.06. The number of carbonyl (C=O) groups is 1. The largest absolute Gasteiger partial charge is 0.573 e. The Hall–Kier alpha value is -3.27. The summed E-state index contributed by atoms with van der Waals surface area (Å²) in [4.78, 5) is 11.6. The summed E-state index contributed by atoms with van der Waals surface area (Å²) >= 11 is 5.83. The molecule has 6 nitrogen and oxygen atoms in total. The van der Waals surface area contributed by atoms with Crippen molar-refractivity contribution < 1.29 is 36.6 Å². The second-order valence-electron chi connectivity index (χ2n) is 5.74. The maximum atomic E-state index is 13.5. The molecule has 0 bridgehead atoms. The Morgan fingerprint density at radius 1 is 1.17 bits per heavy atom. The first-order chi connectivity index (χ1) is 14.2. The Morgan fingerprint density at radius 2 is 1.93 bits per heavy atom. The number of ether oxygens (including phenoxy) is 3. The Bertz CT molecular complexity index is 1070. The van der Waals surface area contributed by atoms with Crippen molar-refractivity contribution in [1.82, 2.24) is 9.78 Å². The SMILES string of the molecule is CCOC(=O)Oc1cc(-c2cccc(OC(F)(F)F)c2)n(-c2ccc(F)c(Cl)c2)n1. The highest BCUT2D eigenvalue weighted by Crippen LogP contribution is 2.32. The van der Waals surface area contributed by atoms with Gasteiger partial charge in [-0.25, -0.2) is 13.9 Å². The molecule has 0 unspecified atom stereocenters. The lowest BCUT2D eigenvalue weighted by molar-refractivity contribution is -0.274. The minimum absolute atomic E-state index is 0.0663. The van der Waals surface area contributed by atoms with Gasteiger partial charge >= 0.3 is 12.5 Å². The minimum Gasteiger partial charge on any atom is -0.434 e. The zero-order chi connectivity index (χ0) is 21.9. The topological polar surface area (TPSA) is 62.6 Å². The van der Waals surface area contributed by atoms with Crippen molar-refractivity contribution >= 4 is 17.8 Å². The molecule has 3 aromatic rings. The molecule has 0 atom stereocenters. The Balaban J connectivity index is 2.07. The summed E-state index contributed by atoms with van der Waals surface area (Å²) in [5.41, 5.74) is 0.755. The van der Waals surface area contributed by atoms with Gasteiger partial charge < -0.3 is 14.2 Å². The summed E-state index contributed by atoms with van der Waals surface area (Å²) in [5.74, 6) is -1.32. The lowest BCUT2D eigenvalue weighted by Gasteiger charge is -2.11. The number of benzene rings is 2. The summed E-state index contributed by atoms with van der Waals surface area (Å²) in [6, 6.07) is 10.1. The van der Waals surface area contributed by atoms with Crippen LogP contribution in [-0.4, -0.2) is 28.9 Å². The van der Waals surface area contributed by atoms with Crippen molar-refractivity contribution in [3.05, 3.63) is 59.4 Å². The molecule has 30 heavy (non-hydrogen) atoms. The number of aromatic nitrogens is 2. The molecule has 1 heterocycles. The van der Waals surface area contributed by atoms with Crippen LogP contribution in [0.4, 0.5) is 22.4 Å². The molecule has 0 fully saturated rings. The quantitative estimate of drug-likeness (QED) is 0.369. The molecule has 0 aliphatic heterocycles. The van der Waals surface area contributed by atoms with E-state index in [-0.39, 0.29) is 34.5 Å². The van der Waals surface area contributed by atoms with Crippen LogP contribution in [0.25, 0.3) is 16.9 Å². The first kappa shape index (κ1) is 21.4. The number of halogens is 5. The molecule has 11 heteroatoms. The number of carbonyl (C=O) groups excluding carboxylic acids is 1. The van der Waals surface area contributed by atoms with Gasteiger partial charge in [0, 0.05) is 11.6 Å². The van der Waals surface area contributed by atoms with E-state index < -0.39 is 24.1 Å². The Labute approximate surface area is 172 Å². The summed E-state index contributed by atoms with van der Waals surface area (Å²) < 4.78 is 66.1. The van der Waals surface area contributed by atoms with E-state index in [1.54, 1.807) is 6.92 Å². The number of hydrogen-bond donors (Lipinski definition) is 0. The van der Waals surface area contributed by atoms with Gasteiger partial charge in [0.25, 0.3) is 0 Å².